The fourth-order valence-electron chi connectivity index (χ4n) is 1.93. The summed E-state index contributed by atoms with van der Waals surface area (Å²) in [6.45, 7) is 6.45. The van der Waals surface area contributed by atoms with Crippen molar-refractivity contribution in [3.05, 3.63) is 35.9 Å². The van der Waals surface area contributed by atoms with Crippen LogP contribution in [0.3, 0.4) is 0 Å². The molecule has 1 heterocycles. The number of fused-ring (bicyclic) bond motifs is 1. The highest BCUT2D eigenvalue weighted by Crippen LogP contribution is 2.27. The molecule has 0 fully saturated rings. The van der Waals surface area contributed by atoms with Crippen LogP contribution in [0.4, 0.5) is 0 Å². The van der Waals surface area contributed by atoms with E-state index in [1.165, 1.54) is 5.56 Å². The molecule has 0 saturated carbocycles. The number of hydrogen-bond acceptors (Lipinski definition) is 4. The highest BCUT2D eigenvalue weighted by atomic mass is 16.3. The zero-order valence-electron chi connectivity index (χ0n) is 12.6. The Morgan fingerprint density at radius 3 is 2.55 bits per heavy atom. The monoisotopic (exact) mass is 272 g/mol. The molecule has 1 aromatic carbocycles. The van der Waals surface area contributed by atoms with Crippen molar-refractivity contribution in [2.24, 2.45) is 0 Å². The number of carbonyl (C=O) groups excluding carboxylic acids is 1. The lowest BCUT2D eigenvalue weighted by molar-refractivity contribution is -0.103. The summed E-state index contributed by atoms with van der Waals surface area (Å²) in [6.07, 6.45) is 2.46. The molecule has 0 aliphatic rings. The van der Waals surface area contributed by atoms with Crippen LogP contribution in [0.25, 0.3) is 16.7 Å². The van der Waals surface area contributed by atoms with Crippen LogP contribution in [-0.4, -0.2) is 30.3 Å². The molecular weight excluding hydrogens is 252 g/mol. The lowest BCUT2D eigenvalue weighted by atomic mass is 9.87. The lowest BCUT2D eigenvalue weighted by Crippen LogP contribution is -2.10. The van der Waals surface area contributed by atoms with Gasteiger partial charge in [-0.05, 0) is 23.1 Å². The van der Waals surface area contributed by atoms with E-state index in [9.17, 15) is 4.79 Å². The number of aromatic nitrogens is 1. The summed E-state index contributed by atoms with van der Waals surface area (Å²) in [5.74, 6) is 0.356. The van der Waals surface area contributed by atoms with Crippen LogP contribution in [0.15, 0.2) is 28.8 Å². The van der Waals surface area contributed by atoms with Gasteiger partial charge in [-0.2, -0.15) is 0 Å². The first kappa shape index (κ1) is 14.3. The van der Waals surface area contributed by atoms with E-state index >= 15 is 0 Å². The van der Waals surface area contributed by atoms with Gasteiger partial charge in [-0.25, -0.2) is 4.98 Å². The first-order valence-electron chi connectivity index (χ1n) is 6.56. The third-order valence-electron chi connectivity index (χ3n) is 3.02. The third kappa shape index (κ3) is 2.90. The van der Waals surface area contributed by atoms with Crippen molar-refractivity contribution in [3.8, 4) is 0 Å². The van der Waals surface area contributed by atoms with Crippen LogP contribution in [0.1, 0.15) is 32.2 Å². The molecule has 2 rings (SSSR count). The second-order valence-electron chi connectivity index (χ2n) is 6.12. The molecule has 4 heteroatoms. The van der Waals surface area contributed by atoms with Gasteiger partial charge in [0.25, 0.3) is 0 Å². The van der Waals surface area contributed by atoms with Crippen molar-refractivity contribution in [1.29, 1.82) is 0 Å². The van der Waals surface area contributed by atoms with E-state index in [2.05, 4.69) is 25.8 Å². The van der Waals surface area contributed by atoms with Gasteiger partial charge in [0.2, 0.25) is 5.89 Å². The molecule has 20 heavy (non-hydrogen) atoms. The summed E-state index contributed by atoms with van der Waals surface area (Å²) in [7, 11) is 3.70. The zero-order valence-corrected chi connectivity index (χ0v) is 12.6. The minimum atomic E-state index is 0.0558. The van der Waals surface area contributed by atoms with Crippen molar-refractivity contribution in [1.82, 2.24) is 9.88 Å². The topological polar surface area (TPSA) is 46.3 Å². The van der Waals surface area contributed by atoms with E-state index in [0.29, 0.717) is 17.0 Å². The quantitative estimate of drug-likeness (QED) is 0.635. The molecule has 0 radical (unpaired) electrons. The minimum absolute atomic E-state index is 0.0558. The van der Waals surface area contributed by atoms with E-state index in [0.717, 1.165) is 11.8 Å². The summed E-state index contributed by atoms with van der Waals surface area (Å²) in [5, 5.41) is 0. The largest absolute Gasteiger partial charge is 0.436 e. The van der Waals surface area contributed by atoms with E-state index in [1.54, 1.807) is 11.1 Å². The molecule has 0 unspecified atom stereocenters. The van der Waals surface area contributed by atoms with Crippen molar-refractivity contribution in [2.75, 3.05) is 14.1 Å². The molecule has 0 atom stereocenters. The number of hydrogen-bond donors (Lipinski definition) is 0. The average molecular weight is 272 g/mol. The fourth-order valence-corrected chi connectivity index (χ4v) is 1.93. The highest BCUT2D eigenvalue weighted by Gasteiger charge is 2.16. The van der Waals surface area contributed by atoms with E-state index < -0.39 is 0 Å². The molecule has 0 amide bonds. The summed E-state index contributed by atoms with van der Waals surface area (Å²) < 4.78 is 5.65. The Morgan fingerprint density at radius 1 is 1.30 bits per heavy atom. The van der Waals surface area contributed by atoms with Crippen molar-refractivity contribution < 1.29 is 9.21 Å². The average Bonchev–Trinajstić information content (AvgIpc) is 2.76. The van der Waals surface area contributed by atoms with Crippen LogP contribution in [0.5, 0.6) is 0 Å². The summed E-state index contributed by atoms with van der Waals surface area (Å²) in [5.41, 5.74) is 3.15. The zero-order chi connectivity index (χ0) is 14.9. The molecule has 2 aromatic rings. The maximum absolute atomic E-state index is 11.1. The van der Waals surface area contributed by atoms with Crippen LogP contribution in [0, 0.1) is 0 Å². The van der Waals surface area contributed by atoms with Gasteiger partial charge in [0.15, 0.2) is 11.9 Å². The Morgan fingerprint density at radius 2 is 2.00 bits per heavy atom. The Hall–Kier alpha value is -2.10. The van der Waals surface area contributed by atoms with Gasteiger partial charge in [-0.15, -0.1) is 0 Å². The van der Waals surface area contributed by atoms with E-state index in [1.807, 2.05) is 32.3 Å². The van der Waals surface area contributed by atoms with Crippen molar-refractivity contribution >= 4 is 23.0 Å². The van der Waals surface area contributed by atoms with E-state index in [-0.39, 0.29) is 5.41 Å². The molecule has 0 N–H and O–H groups in total. The lowest BCUT2D eigenvalue weighted by Gasteiger charge is -2.18. The molecule has 1 aromatic heterocycles. The number of benzene rings is 1. The molecule has 0 saturated heterocycles. The van der Waals surface area contributed by atoms with Crippen LogP contribution in [-0.2, 0) is 10.2 Å². The van der Waals surface area contributed by atoms with Gasteiger partial charge in [0.05, 0.1) is 5.57 Å². The molecule has 106 valence electrons. The maximum atomic E-state index is 11.1. The van der Waals surface area contributed by atoms with Gasteiger partial charge in [-0.3, -0.25) is 4.79 Å². The van der Waals surface area contributed by atoms with Gasteiger partial charge < -0.3 is 9.32 Å². The Balaban J connectivity index is 2.51. The third-order valence-corrected chi connectivity index (χ3v) is 3.02. The number of aldehydes is 1. The summed E-state index contributed by atoms with van der Waals surface area (Å²) >= 11 is 0. The van der Waals surface area contributed by atoms with Gasteiger partial charge in [-0.1, -0.05) is 26.8 Å². The second-order valence-corrected chi connectivity index (χ2v) is 6.12. The molecule has 0 aliphatic carbocycles. The molecule has 0 aliphatic heterocycles. The molecule has 0 spiro atoms. The van der Waals surface area contributed by atoms with Gasteiger partial charge in [0.1, 0.15) is 5.52 Å². The molecule has 0 bridgehead atoms. The number of carbonyl (C=O) groups is 1. The van der Waals surface area contributed by atoms with Crippen LogP contribution in [0.2, 0.25) is 0 Å². The van der Waals surface area contributed by atoms with Crippen LogP contribution < -0.4 is 0 Å². The first-order chi connectivity index (χ1) is 9.31. The fraction of sp³-hybridized carbons (Fsp3) is 0.375. The SMILES string of the molecule is CN(C)C=C(C=O)c1nc2cc(C(C)(C)C)ccc2o1. The summed E-state index contributed by atoms with van der Waals surface area (Å²) in [4.78, 5) is 17.4. The van der Waals surface area contributed by atoms with Crippen molar-refractivity contribution in [3.63, 3.8) is 0 Å². The summed E-state index contributed by atoms with van der Waals surface area (Å²) in [6, 6.07) is 5.96. The van der Waals surface area contributed by atoms with Gasteiger partial charge >= 0.3 is 0 Å². The first-order valence-corrected chi connectivity index (χ1v) is 6.56. The normalized spacial score (nSPS) is 12.8. The predicted molar refractivity (Wildman–Crippen MR) is 80.4 cm³/mol. The smallest absolute Gasteiger partial charge is 0.232 e. The van der Waals surface area contributed by atoms with Crippen LogP contribution >= 0.6 is 0 Å². The minimum Gasteiger partial charge on any atom is -0.436 e. The van der Waals surface area contributed by atoms with Gasteiger partial charge in [0, 0.05) is 20.3 Å². The predicted octanol–water partition coefficient (Wildman–Crippen LogP) is 3.23. The Labute approximate surface area is 119 Å². The highest BCUT2D eigenvalue weighted by molar-refractivity contribution is 6.05. The maximum Gasteiger partial charge on any atom is 0.232 e. The Kier molecular flexibility index (Phi) is 3.66. The van der Waals surface area contributed by atoms with Crippen molar-refractivity contribution in [2.45, 2.75) is 26.2 Å². The molecular formula is C16H20N2O2. The van der Waals surface area contributed by atoms with E-state index in [4.69, 9.17) is 4.42 Å². The number of rotatable bonds is 3. The standard InChI is InChI=1S/C16H20N2O2/c1-16(2,3)12-6-7-14-13(8-12)17-15(20-14)11(10-19)9-18(4)5/h6-10H,1-5H3. The second kappa shape index (κ2) is 5.12. The Bertz CT molecular complexity index is 661. The number of allylic oxidation sites excluding steroid dienone is 1. The number of oxazole rings is 1. The molecule has 4 nitrogen and oxygen atoms in total. The number of nitrogens with zero attached hydrogens (tertiary/aromatic N) is 2.